The van der Waals surface area contributed by atoms with Crippen LogP contribution in [0.25, 0.3) is 0 Å². The van der Waals surface area contributed by atoms with Crippen molar-refractivity contribution in [2.45, 2.75) is 31.1 Å². The van der Waals surface area contributed by atoms with Crippen LogP contribution in [0.3, 0.4) is 0 Å². The van der Waals surface area contributed by atoms with Crippen LogP contribution >= 0.6 is 11.6 Å². The van der Waals surface area contributed by atoms with E-state index in [1.165, 1.54) is 6.07 Å². The maximum absolute atomic E-state index is 12.2. The van der Waals surface area contributed by atoms with Crippen molar-refractivity contribution in [1.29, 1.82) is 0 Å². The molecule has 2 rings (SSSR count). The highest BCUT2D eigenvalue weighted by atomic mass is 35.5. The van der Waals surface area contributed by atoms with Gasteiger partial charge in [0.05, 0.1) is 4.90 Å². The van der Waals surface area contributed by atoms with E-state index < -0.39 is 10.0 Å². The third-order valence-corrected chi connectivity index (χ3v) is 5.61. The van der Waals surface area contributed by atoms with E-state index in [1.54, 1.807) is 24.0 Å². The normalized spacial score (nSPS) is 15.4. The lowest BCUT2D eigenvalue weighted by atomic mass is 10.2. The molecule has 0 bridgehead atoms. The number of carbonyl (C=O) groups is 1. The Labute approximate surface area is 130 Å². The van der Waals surface area contributed by atoms with Crippen molar-refractivity contribution in [3.05, 3.63) is 28.8 Å². The van der Waals surface area contributed by atoms with Crippen LogP contribution in [-0.4, -0.2) is 38.9 Å². The van der Waals surface area contributed by atoms with Gasteiger partial charge in [-0.25, -0.2) is 13.1 Å². The topological polar surface area (TPSA) is 66.5 Å². The van der Waals surface area contributed by atoms with Crippen LogP contribution in [0.1, 0.15) is 24.8 Å². The Balaban J connectivity index is 1.95. The second-order valence-corrected chi connectivity index (χ2v) is 7.24. The van der Waals surface area contributed by atoms with E-state index >= 15 is 0 Å². The van der Waals surface area contributed by atoms with E-state index in [2.05, 4.69) is 4.72 Å². The molecule has 1 N–H and O–H groups in total. The molecule has 1 aliphatic rings. The molecule has 5 nitrogen and oxygen atoms in total. The number of likely N-dealkylation sites (tertiary alicyclic amines) is 1. The fraction of sp³-hybridized carbons (Fsp3) is 0.500. The summed E-state index contributed by atoms with van der Waals surface area (Å²) in [6.07, 6.45) is 2.23. The molecule has 116 valence electrons. The van der Waals surface area contributed by atoms with Gasteiger partial charge in [-0.2, -0.15) is 0 Å². The number of carbonyl (C=O) groups excluding carboxylic acids is 1. The summed E-state index contributed by atoms with van der Waals surface area (Å²) in [5, 5.41) is 0.408. The van der Waals surface area contributed by atoms with E-state index in [0.717, 1.165) is 25.9 Å². The maximum atomic E-state index is 12.2. The summed E-state index contributed by atoms with van der Waals surface area (Å²) in [4.78, 5) is 13.8. The molecule has 1 aromatic carbocycles. The molecule has 1 heterocycles. The van der Waals surface area contributed by atoms with Crippen LogP contribution in [0.2, 0.25) is 5.02 Å². The highest BCUT2D eigenvalue weighted by Crippen LogP contribution is 2.22. The van der Waals surface area contributed by atoms with Gasteiger partial charge in [0, 0.05) is 31.1 Å². The van der Waals surface area contributed by atoms with Crippen molar-refractivity contribution in [3.63, 3.8) is 0 Å². The average Bonchev–Trinajstić information content (AvgIpc) is 2.95. The number of amides is 1. The number of benzene rings is 1. The molecule has 1 aromatic rings. The van der Waals surface area contributed by atoms with Crippen LogP contribution in [0.4, 0.5) is 0 Å². The summed E-state index contributed by atoms with van der Waals surface area (Å²) < 4.78 is 26.9. The van der Waals surface area contributed by atoms with Gasteiger partial charge < -0.3 is 4.90 Å². The zero-order valence-corrected chi connectivity index (χ0v) is 13.5. The predicted molar refractivity (Wildman–Crippen MR) is 81.8 cm³/mol. The average molecular weight is 331 g/mol. The maximum Gasteiger partial charge on any atom is 0.240 e. The third kappa shape index (κ3) is 3.96. The largest absolute Gasteiger partial charge is 0.343 e. The molecule has 0 atom stereocenters. The lowest BCUT2D eigenvalue weighted by molar-refractivity contribution is -0.129. The molecule has 0 spiro atoms. The number of rotatable bonds is 5. The van der Waals surface area contributed by atoms with E-state index in [4.69, 9.17) is 11.6 Å². The van der Waals surface area contributed by atoms with Crippen molar-refractivity contribution in [1.82, 2.24) is 9.62 Å². The Hall–Kier alpha value is -1.11. The first-order valence-corrected chi connectivity index (χ1v) is 8.80. The van der Waals surface area contributed by atoms with Gasteiger partial charge in [0.15, 0.2) is 0 Å². The summed E-state index contributed by atoms with van der Waals surface area (Å²) in [6, 6.07) is 4.75. The molecule has 0 radical (unpaired) electrons. The Kier molecular flexibility index (Phi) is 5.24. The third-order valence-electron chi connectivity index (χ3n) is 3.60. The number of nitrogens with one attached hydrogen (secondary N) is 1. The highest BCUT2D eigenvalue weighted by molar-refractivity contribution is 7.89. The summed E-state index contributed by atoms with van der Waals surface area (Å²) in [5.74, 6) is -0.00184. The molecular weight excluding hydrogens is 312 g/mol. The van der Waals surface area contributed by atoms with Gasteiger partial charge >= 0.3 is 0 Å². The first-order valence-electron chi connectivity index (χ1n) is 6.94. The van der Waals surface area contributed by atoms with E-state index in [0.29, 0.717) is 10.6 Å². The van der Waals surface area contributed by atoms with Crippen LogP contribution in [-0.2, 0) is 14.8 Å². The number of sulfonamides is 1. The Bertz CT molecular complexity index is 625. The number of hydrogen-bond donors (Lipinski definition) is 1. The predicted octanol–water partition coefficient (Wildman–Crippen LogP) is 1.94. The smallest absolute Gasteiger partial charge is 0.240 e. The molecule has 0 saturated carbocycles. The monoisotopic (exact) mass is 330 g/mol. The van der Waals surface area contributed by atoms with Crippen molar-refractivity contribution >= 4 is 27.5 Å². The van der Waals surface area contributed by atoms with Crippen molar-refractivity contribution in [3.8, 4) is 0 Å². The number of nitrogens with zero attached hydrogens (tertiary/aromatic N) is 1. The fourth-order valence-electron chi connectivity index (χ4n) is 2.37. The van der Waals surface area contributed by atoms with Crippen LogP contribution in [0.15, 0.2) is 23.1 Å². The van der Waals surface area contributed by atoms with Crippen LogP contribution in [0.5, 0.6) is 0 Å². The molecule has 1 saturated heterocycles. The summed E-state index contributed by atoms with van der Waals surface area (Å²) in [5.41, 5.74) is 0.512. The van der Waals surface area contributed by atoms with Gasteiger partial charge in [0.25, 0.3) is 0 Å². The lowest BCUT2D eigenvalue weighted by Crippen LogP contribution is -2.32. The van der Waals surface area contributed by atoms with Gasteiger partial charge in [-0.15, -0.1) is 0 Å². The van der Waals surface area contributed by atoms with Crippen molar-refractivity contribution in [2.75, 3.05) is 19.6 Å². The minimum atomic E-state index is -3.64. The molecule has 1 amide bonds. The Morgan fingerprint density at radius 1 is 1.33 bits per heavy atom. The molecule has 1 fully saturated rings. The first-order chi connectivity index (χ1) is 9.92. The van der Waals surface area contributed by atoms with E-state index in [9.17, 15) is 13.2 Å². The zero-order valence-electron chi connectivity index (χ0n) is 11.9. The van der Waals surface area contributed by atoms with Gasteiger partial charge in [-0.3, -0.25) is 4.79 Å². The standard InChI is InChI=1S/C14H19ClN2O3S/c1-11-12(15)5-4-6-13(11)21(19,20)16-8-7-14(18)17-9-2-3-10-17/h4-6,16H,2-3,7-10H2,1H3. The highest BCUT2D eigenvalue weighted by Gasteiger charge is 2.20. The number of hydrogen-bond acceptors (Lipinski definition) is 3. The second kappa shape index (κ2) is 6.77. The molecule has 0 unspecified atom stereocenters. The SMILES string of the molecule is Cc1c(Cl)cccc1S(=O)(=O)NCCC(=O)N1CCCC1. The molecule has 0 aromatic heterocycles. The first kappa shape index (κ1) is 16.3. The summed E-state index contributed by atoms with van der Waals surface area (Å²) in [6.45, 7) is 3.31. The molecule has 21 heavy (non-hydrogen) atoms. The van der Waals surface area contributed by atoms with Crippen LogP contribution < -0.4 is 4.72 Å². The van der Waals surface area contributed by atoms with Gasteiger partial charge in [-0.05, 0) is 37.5 Å². The van der Waals surface area contributed by atoms with Gasteiger partial charge in [0.1, 0.15) is 0 Å². The van der Waals surface area contributed by atoms with E-state index in [1.807, 2.05) is 0 Å². The second-order valence-electron chi connectivity index (χ2n) is 5.10. The zero-order chi connectivity index (χ0) is 15.5. The van der Waals surface area contributed by atoms with Crippen molar-refractivity contribution < 1.29 is 13.2 Å². The summed E-state index contributed by atoms with van der Waals surface area (Å²) in [7, 11) is -3.64. The van der Waals surface area contributed by atoms with Crippen LogP contribution in [0, 0.1) is 6.92 Å². The Morgan fingerprint density at radius 2 is 2.00 bits per heavy atom. The van der Waals surface area contributed by atoms with Gasteiger partial charge in [0.2, 0.25) is 15.9 Å². The lowest BCUT2D eigenvalue weighted by Gasteiger charge is -2.15. The van der Waals surface area contributed by atoms with Gasteiger partial charge in [-0.1, -0.05) is 17.7 Å². The molecular formula is C14H19ClN2O3S. The van der Waals surface area contributed by atoms with E-state index in [-0.39, 0.29) is 23.8 Å². The minimum absolute atomic E-state index is 0.00184. The quantitative estimate of drug-likeness (QED) is 0.897. The molecule has 1 aliphatic heterocycles. The Morgan fingerprint density at radius 3 is 2.67 bits per heavy atom. The van der Waals surface area contributed by atoms with Crippen molar-refractivity contribution in [2.24, 2.45) is 0 Å². The number of halogens is 1. The summed E-state index contributed by atoms with van der Waals surface area (Å²) >= 11 is 5.94. The molecule has 7 heteroatoms. The molecule has 0 aliphatic carbocycles. The minimum Gasteiger partial charge on any atom is -0.343 e. The fourth-order valence-corrected chi connectivity index (χ4v) is 3.90.